The smallest absolute Gasteiger partial charge is 0.0406 e. The molecule has 2 atom stereocenters. The van der Waals surface area contributed by atoms with Crippen molar-refractivity contribution in [3.63, 3.8) is 0 Å². The molecule has 0 aromatic heterocycles. The van der Waals surface area contributed by atoms with Gasteiger partial charge in [-0.1, -0.05) is 43.5 Å². The van der Waals surface area contributed by atoms with Crippen molar-refractivity contribution >= 4 is 11.6 Å². The van der Waals surface area contributed by atoms with Crippen LogP contribution in [0.3, 0.4) is 0 Å². The number of rotatable bonds is 5. The zero-order valence-corrected chi connectivity index (χ0v) is 14.3. The third-order valence-electron chi connectivity index (χ3n) is 5.33. The molecule has 3 heteroatoms. The molecule has 1 aromatic carbocycles. The minimum absolute atomic E-state index is 0.371. The first-order chi connectivity index (χ1) is 10.0. The second-order valence-electron chi connectivity index (χ2n) is 6.72. The Morgan fingerprint density at radius 2 is 1.76 bits per heavy atom. The van der Waals surface area contributed by atoms with E-state index in [-0.39, 0.29) is 0 Å². The Bertz CT molecular complexity index is 423. The second kappa shape index (κ2) is 7.62. The molecule has 1 aromatic rings. The molecule has 118 valence electrons. The molecule has 1 fully saturated rings. The van der Waals surface area contributed by atoms with E-state index in [0.29, 0.717) is 12.1 Å². The predicted molar refractivity (Wildman–Crippen MR) is 91.6 cm³/mol. The van der Waals surface area contributed by atoms with Gasteiger partial charge in [0.25, 0.3) is 0 Å². The topological polar surface area (TPSA) is 29.3 Å². The van der Waals surface area contributed by atoms with Gasteiger partial charge in [-0.2, -0.15) is 0 Å². The first kappa shape index (κ1) is 16.8. The van der Waals surface area contributed by atoms with Crippen molar-refractivity contribution in [3.8, 4) is 0 Å². The minimum Gasteiger partial charge on any atom is -0.329 e. The van der Waals surface area contributed by atoms with E-state index in [1.54, 1.807) is 0 Å². The maximum atomic E-state index is 6.12. The highest BCUT2D eigenvalue weighted by Gasteiger charge is 2.30. The van der Waals surface area contributed by atoms with E-state index in [0.717, 1.165) is 23.4 Å². The van der Waals surface area contributed by atoms with Crippen molar-refractivity contribution in [1.82, 2.24) is 4.90 Å². The summed E-state index contributed by atoms with van der Waals surface area (Å²) in [7, 11) is 2.22. The van der Waals surface area contributed by atoms with Gasteiger partial charge in [-0.05, 0) is 56.3 Å². The van der Waals surface area contributed by atoms with Crippen molar-refractivity contribution in [1.29, 1.82) is 0 Å². The van der Waals surface area contributed by atoms with E-state index in [2.05, 4.69) is 37.9 Å². The fourth-order valence-corrected chi connectivity index (χ4v) is 3.75. The average Bonchev–Trinajstić information content (AvgIpc) is 2.50. The number of nitrogens with zero attached hydrogens (tertiary/aromatic N) is 1. The van der Waals surface area contributed by atoms with E-state index >= 15 is 0 Å². The summed E-state index contributed by atoms with van der Waals surface area (Å²) in [4.78, 5) is 2.46. The van der Waals surface area contributed by atoms with Crippen LogP contribution in [0.4, 0.5) is 0 Å². The Hall–Kier alpha value is -0.570. The summed E-state index contributed by atoms with van der Waals surface area (Å²) in [5, 5.41) is 0.797. The standard InChI is InChI=1S/C18H29ClN2/c1-13-4-6-16(7-5-13)18(12-20)21(3)14(2)15-8-10-17(19)11-9-15/h8-11,13-14,16,18H,4-7,12,20H2,1-3H3. The molecule has 21 heavy (non-hydrogen) atoms. The zero-order chi connectivity index (χ0) is 15.4. The molecule has 2 N–H and O–H groups in total. The van der Waals surface area contributed by atoms with E-state index < -0.39 is 0 Å². The van der Waals surface area contributed by atoms with Crippen LogP contribution in [0.5, 0.6) is 0 Å². The monoisotopic (exact) mass is 308 g/mol. The number of likely N-dealkylation sites (N-methyl/N-ethyl adjacent to an activating group) is 1. The van der Waals surface area contributed by atoms with Gasteiger partial charge in [-0.3, -0.25) is 4.90 Å². The summed E-state index contributed by atoms with van der Waals surface area (Å²) in [5.41, 5.74) is 7.43. The van der Waals surface area contributed by atoms with Crippen LogP contribution in [0, 0.1) is 11.8 Å². The normalized spacial score (nSPS) is 25.8. The summed E-state index contributed by atoms with van der Waals surface area (Å²) in [6.07, 6.45) is 5.34. The van der Waals surface area contributed by atoms with Gasteiger partial charge in [0.15, 0.2) is 0 Å². The first-order valence-corrected chi connectivity index (χ1v) is 8.58. The summed E-state index contributed by atoms with van der Waals surface area (Å²) in [6.45, 7) is 5.37. The van der Waals surface area contributed by atoms with Crippen LogP contribution >= 0.6 is 11.6 Å². The third kappa shape index (κ3) is 4.21. The van der Waals surface area contributed by atoms with Crippen LogP contribution in [0.25, 0.3) is 0 Å². The van der Waals surface area contributed by atoms with Crippen molar-refractivity contribution < 1.29 is 0 Å². The molecule has 1 aliphatic rings. The number of halogens is 1. The van der Waals surface area contributed by atoms with Crippen LogP contribution < -0.4 is 5.73 Å². The zero-order valence-electron chi connectivity index (χ0n) is 13.6. The fraction of sp³-hybridized carbons (Fsp3) is 0.667. The van der Waals surface area contributed by atoms with E-state index in [4.69, 9.17) is 17.3 Å². The molecular formula is C18H29ClN2. The lowest BCUT2D eigenvalue weighted by atomic mass is 9.78. The first-order valence-electron chi connectivity index (χ1n) is 8.20. The van der Waals surface area contributed by atoms with Crippen LogP contribution in [0.2, 0.25) is 5.02 Å². The van der Waals surface area contributed by atoms with Crippen molar-refractivity contribution in [2.24, 2.45) is 17.6 Å². The van der Waals surface area contributed by atoms with Crippen LogP contribution in [-0.4, -0.2) is 24.5 Å². The number of hydrogen-bond acceptors (Lipinski definition) is 2. The molecule has 0 bridgehead atoms. The lowest BCUT2D eigenvalue weighted by Gasteiger charge is -2.40. The average molecular weight is 309 g/mol. The lowest BCUT2D eigenvalue weighted by Crippen LogP contribution is -2.45. The van der Waals surface area contributed by atoms with E-state index in [1.165, 1.54) is 31.2 Å². The van der Waals surface area contributed by atoms with Gasteiger partial charge in [0.2, 0.25) is 0 Å². The molecule has 0 spiro atoms. The SMILES string of the molecule is CC1CCC(C(CN)N(C)C(C)c2ccc(Cl)cc2)CC1. The molecule has 0 heterocycles. The number of nitrogens with two attached hydrogens (primary N) is 1. The van der Waals surface area contributed by atoms with Crippen LogP contribution in [0.1, 0.15) is 51.1 Å². The Morgan fingerprint density at radius 3 is 2.29 bits per heavy atom. The van der Waals surface area contributed by atoms with Gasteiger partial charge in [0.1, 0.15) is 0 Å². The molecule has 1 saturated carbocycles. The Morgan fingerprint density at radius 1 is 1.19 bits per heavy atom. The Kier molecular flexibility index (Phi) is 6.09. The molecule has 0 aliphatic heterocycles. The Labute approximate surface area is 134 Å². The second-order valence-corrected chi connectivity index (χ2v) is 7.15. The maximum absolute atomic E-state index is 6.12. The quantitative estimate of drug-likeness (QED) is 0.868. The lowest BCUT2D eigenvalue weighted by molar-refractivity contribution is 0.104. The fourth-order valence-electron chi connectivity index (χ4n) is 3.63. The van der Waals surface area contributed by atoms with Gasteiger partial charge in [0, 0.05) is 23.7 Å². The van der Waals surface area contributed by atoms with E-state index in [9.17, 15) is 0 Å². The highest BCUT2D eigenvalue weighted by molar-refractivity contribution is 6.30. The van der Waals surface area contributed by atoms with Crippen molar-refractivity contribution in [3.05, 3.63) is 34.9 Å². The van der Waals surface area contributed by atoms with Crippen molar-refractivity contribution in [2.75, 3.05) is 13.6 Å². The molecular weight excluding hydrogens is 280 g/mol. The number of benzene rings is 1. The third-order valence-corrected chi connectivity index (χ3v) is 5.58. The molecule has 1 aliphatic carbocycles. The van der Waals surface area contributed by atoms with Gasteiger partial charge in [-0.25, -0.2) is 0 Å². The number of hydrogen-bond donors (Lipinski definition) is 1. The highest BCUT2D eigenvalue weighted by atomic mass is 35.5. The summed E-state index contributed by atoms with van der Waals surface area (Å²) >= 11 is 5.99. The molecule has 0 saturated heterocycles. The van der Waals surface area contributed by atoms with Crippen molar-refractivity contribution in [2.45, 2.75) is 51.6 Å². The summed E-state index contributed by atoms with van der Waals surface area (Å²) in [6, 6.07) is 9.04. The van der Waals surface area contributed by atoms with Crippen LogP contribution in [0.15, 0.2) is 24.3 Å². The molecule has 2 unspecified atom stereocenters. The highest BCUT2D eigenvalue weighted by Crippen LogP contribution is 2.34. The maximum Gasteiger partial charge on any atom is 0.0406 e. The van der Waals surface area contributed by atoms with Crippen LogP contribution in [-0.2, 0) is 0 Å². The Balaban J connectivity index is 2.04. The molecule has 0 amide bonds. The minimum atomic E-state index is 0.371. The predicted octanol–water partition coefficient (Wildman–Crippen LogP) is 4.49. The van der Waals surface area contributed by atoms with Gasteiger partial charge in [0.05, 0.1) is 0 Å². The summed E-state index contributed by atoms with van der Waals surface area (Å²) in [5.74, 6) is 1.63. The van der Waals surface area contributed by atoms with E-state index in [1.807, 2.05) is 12.1 Å². The molecule has 0 radical (unpaired) electrons. The van der Waals surface area contributed by atoms with Gasteiger partial charge in [-0.15, -0.1) is 0 Å². The van der Waals surface area contributed by atoms with Gasteiger partial charge < -0.3 is 5.73 Å². The summed E-state index contributed by atoms with van der Waals surface area (Å²) < 4.78 is 0. The van der Waals surface area contributed by atoms with Gasteiger partial charge >= 0.3 is 0 Å². The largest absolute Gasteiger partial charge is 0.329 e. The molecule has 2 rings (SSSR count). The molecule has 2 nitrogen and oxygen atoms in total.